The fourth-order valence-electron chi connectivity index (χ4n) is 2.30. The fourth-order valence-corrected chi connectivity index (χ4v) is 3.06. The predicted octanol–water partition coefficient (Wildman–Crippen LogP) is 1.40. The molecule has 5 nitrogen and oxygen atoms in total. The first-order chi connectivity index (χ1) is 10.2. The lowest BCUT2D eigenvalue weighted by atomic mass is 10.1. The van der Waals surface area contributed by atoms with Crippen LogP contribution in [-0.2, 0) is 9.84 Å². The summed E-state index contributed by atoms with van der Waals surface area (Å²) in [4.78, 5) is 12.9. The van der Waals surface area contributed by atoms with Crippen molar-refractivity contribution in [3.05, 3.63) is 29.8 Å². The third kappa shape index (κ3) is 3.09. The molecule has 1 fully saturated rings. The summed E-state index contributed by atoms with van der Waals surface area (Å²) in [6.45, 7) is 1.49. The van der Waals surface area contributed by atoms with E-state index >= 15 is 0 Å². The number of carbonyl (C=O) groups is 1. The zero-order valence-electron chi connectivity index (χ0n) is 11.5. The van der Waals surface area contributed by atoms with Crippen LogP contribution < -0.4 is 5.73 Å². The van der Waals surface area contributed by atoms with Gasteiger partial charge in [0.05, 0.1) is 4.90 Å². The number of likely N-dealkylation sites (tertiary alicyclic amines) is 1. The predicted molar refractivity (Wildman–Crippen MR) is 72.7 cm³/mol. The van der Waals surface area contributed by atoms with E-state index in [1.54, 1.807) is 4.90 Å². The van der Waals surface area contributed by atoms with Crippen molar-refractivity contribution < 1.29 is 26.4 Å². The Labute approximate surface area is 125 Å². The number of nitrogens with zero attached hydrogens (tertiary/aromatic N) is 1. The Hall–Kier alpha value is -1.61. The van der Waals surface area contributed by atoms with Crippen molar-refractivity contribution >= 4 is 15.7 Å². The van der Waals surface area contributed by atoms with Gasteiger partial charge in [-0.2, -0.15) is 13.2 Å². The molecule has 0 unspecified atom stereocenters. The number of hydrogen-bond acceptors (Lipinski definition) is 4. The van der Waals surface area contributed by atoms with E-state index in [0.29, 0.717) is 19.6 Å². The average molecular weight is 336 g/mol. The van der Waals surface area contributed by atoms with Gasteiger partial charge in [-0.3, -0.25) is 4.79 Å². The molecule has 0 spiro atoms. The van der Waals surface area contributed by atoms with Gasteiger partial charge in [-0.05, 0) is 43.1 Å². The summed E-state index contributed by atoms with van der Waals surface area (Å²) in [5.74, 6) is -0.124. The highest BCUT2D eigenvalue weighted by molar-refractivity contribution is 7.92. The van der Waals surface area contributed by atoms with E-state index < -0.39 is 20.2 Å². The minimum absolute atomic E-state index is 0.152. The van der Waals surface area contributed by atoms with Gasteiger partial charge in [0.15, 0.2) is 0 Å². The summed E-state index contributed by atoms with van der Waals surface area (Å²) in [6, 6.07) is 3.78. The number of alkyl halides is 3. The van der Waals surface area contributed by atoms with Crippen LogP contribution in [0, 0.1) is 5.92 Å². The van der Waals surface area contributed by atoms with Crippen LogP contribution in [0.2, 0.25) is 0 Å². The molecule has 1 aromatic carbocycles. The summed E-state index contributed by atoms with van der Waals surface area (Å²) in [5, 5.41) is 0. The van der Waals surface area contributed by atoms with Crippen molar-refractivity contribution in [1.82, 2.24) is 4.90 Å². The molecule has 2 rings (SSSR count). The Morgan fingerprint density at radius 3 is 2.32 bits per heavy atom. The maximum absolute atomic E-state index is 12.4. The van der Waals surface area contributed by atoms with Crippen LogP contribution >= 0.6 is 0 Å². The van der Waals surface area contributed by atoms with Crippen LogP contribution in [0.5, 0.6) is 0 Å². The maximum Gasteiger partial charge on any atom is 0.501 e. The fraction of sp³-hybridized carbons (Fsp3) is 0.462. The Balaban J connectivity index is 2.18. The maximum atomic E-state index is 12.4. The van der Waals surface area contributed by atoms with Crippen LogP contribution in [0.1, 0.15) is 16.8 Å². The molecule has 2 N–H and O–H groups in total. The topological polar surface area (TPSA) is 80.5 Å². The second-order valence-electron chi connectivity index (χ2n) is 5.12. The van der Waals surface area contributed by atoms with Crippen LogP contribution in [0.3, 0.4) is 0 Å². The van der Waals surface area contributed by atoms with Gasteiger partial charge in [-0.1, -0.05) is 0 Å². The number of nitrogens with two attached hydrogens (primary N) is 1. The Kier molecular flexibility index (Phi) is 4.48. The molecule has 1 aliphatic heterocycles. The number of sulfone groups is 1. The molecular formula is C13H15F3N2O3S. The SMILES string of the molecule is NC[C@H]1CCN(C(=O)c2ccc(S(=O)(=O)C(F)(F)F)cc2)C1. The van der Waals surface area contributed by atoms with Crippen molar-refractivity contribution in [3.63, 3.8) is 0 Å². The molecule has 1 aromatic rings. The summed E-state index contributed by atoms with van der Waals surface area (Å²) < 4.78 is 59.8. The minimum atomic E-state index is -5.39. The number of carbonyl (C=O) groups excluding carboxylic acids is 1. The van der Waals surface area contributed by atoms with Gasteiger partial charge < -0.3 is 10.6 Å². The summed E-state index contributed by atoms with van der Waals surface area (Å²) in [6.07, 6.45) is 0.781. The highest BCUT2D eigenvalue weighted by Crippen LogP contribution is 2.30. The monoisotopic (exact) mass is 336 g/mol. The lowest BCUT2D eigenvalue weighted by Gasteiger charge is -2.16. The van der Waals surface area contributed by atoms with E-state index in [1.165, 1.54) is 0 Å². The molecule has 1 amide bonds. The smallest absolute Gasteiger partial charge is 0.338 e. The zero-order chi connectivity index (χ0) is 16.5. The molecule has 9 heteroatoms. The van der Waals surface area contributed by atoms with Gasteiger partial charge in [0, 0.05) is 18.7 Å². The summed E-state index contributed by atoms with van der Waals surface area (Å²) in [5.41, 5.74) is 0.324. The average Bonchev–Trinajstić information content (AvgIpc) is 2.94. The molecular weight excluding hydrogens is 321 g/mol. The lowest BCUT2D eigenvalue weighted by Crippen LogP contribution is -2.30. The van der Waals surface area contributed by atoms with Crippen LogP contribution in [0.15, 0.2) is 29.2 Å². The molecule has 0 aliphatic carbocycles. The van der Waals surface area contributed by atoms with Gasteiger partial charge in [0.2, 0.25) is 0 Å². The molecule has 0 bridgehead atoms. The normalized spacial score (nSPS) is 19.5. The van der Waals surface area contributed by atoms with E-state index in [0.717, 1.165) is 30.7 Å². The van der Waals surface area contributed by atoms with E-state index in [4.69, 9.17) is 5.73 Å². The molecule has 1 saturated heterocycles. The van der Waals surface area contributed by atoms with E-state index in [-0.39, 0.29) is 17.4 Å². The highest BCUT2D eigenvalue weighted by Gasteiger charge is 2.46. The number of benzene rings is 1. The van der Waals surface area contributed by atoms with Gasteiger partial charge in [-0.25, -0.2) is 8.42 Å². The Morgan fingerprint density at radius 2 is 1.86 bits per heavy atom. The van der Waals surface area contributed by atoms with Gasteiger partial charge in [-0.15, -0.1) is 0 Å². The Bertz CT molecular complexity index is 656. The third-order valence-electron chi connectivity index (χ3n) is 3.62. The number of rotatable bonds is 3. The molecule has 1 aliphatic rings. The first-order valence-corrected chi connectivity index (χ1v) is 8.06. The molecule has 0 aromatic heterocycles. The molecule has 0 radical (unpaired) electrons. The molecule has 22 heavy (non-hydrogen) atoms. The van der Waals surface area contributed by atoms with Crippen LogP contribution in [-0.4, -0.2) is 44.4 Å². The number of amides is 1. The zero-order valence-corrected chi connectivity index (χ0v) is 12.3. The van der Waals surface area contributed by atoms with Crippen molar-refractivity contribution in [2.24, 2.45) is 11.7 Å². The van der Waals surface area contributed by atoms with Crippen LogP contribution in [0.25, 0.3) is 0 Å². The number of halogens is 3. The first-order valence-electron chi connectivity index (χ1n) is 6.57. The molecule has 1 atom stereocenters. The number of hydrogen-bond donors (Lipinski definition) is 1. The molecule has 1 heterocycles. The summed E-state index contributed by atoms with van der Waals surface area (Å²) >= 11 is 0. The lowest BCUT2D eigenvalue weighted by molar-refractivity contribution is -0.0436. The third-order valence-corrected chi connectivity index (χ3v) is 5.12. The van der Waals surface area contributed by atoms with Crippen LogP contribution in [0.4, 0.5) is 13.2 Å². The minimum Gasteiger partial charge on any atom is -0.338 e. The summed E-state index contributed by atoms with van der Waals surface area (Å²) in [7, 11) is -5.39. The quantitative estimate of drug-likeness (QED) is 0.905. The van der Waals surface area contributed by atoms with E-state index in [1.807, 2.05) is 0 Å². The van der Waals surface area contributed by atoms with Gasteiger partial charge >= 0.3 is 5.51 Å². The Morgan fingerprint density at radius 1 is 1.27 bits per heavy atom. The second-order valence-corrected chi connectivity index (χ2v) is 7.06. The molecule has 0 saturated carbocycles. The largest absolute Gasteiger partial charge is 0.501 e. The van der Waals surface area contributed by atoms with E-state index in [9.17, 15) is 26.4 Å². The van der Waals surface area contributed by atoms with Crippen molar-refractivity contribution in [2.45, 2.75) is 16.8 Å². The van der Waals surface area contributed by atoms with Gasteiger partial charge in [0.25, 0.3) is 15.7 Å². The van der Waals surface area contributed by atoms with Crippen molar-refractivity contribution in [2.75, 3.05) is 19.6 Å². The standard InChI is InChI=1S/C13H15F3N2O3S/c14-13(15,16)22(20,21)11-3-1-10(2-4-11)12(19)18-6-5-9(7-17)8-18/h1-4,9H,5-8,17H2/t9-/m1/s1. The molecule has 122 valence electrons. The first kappa shape index (κ1) is 16.8. The van der Waals surface area contributed by atoms with Gasteiger partial charge in [0.1, 0.15) is 0 Å². The highest BCUT2D eigenvalue weighted by atomic mass is 32.2. The van der Waals surface area contributed by atoms with Crippen molar-refractivity contribution in [1.29, 1.82) is 0 Å². The van der Waals surface area contributed by atoms with E-state index in [2.05, 4.69) is 0 Å². The van der Waals surface area contributed by atoms with Crippen molar-refractivity contribution in [3.8, 4) is 0 Å². The second kappa shape index (κ2) is 5.88.